The highest BCUT2D eigenvalue weighted by Crippen LogP contribution is 2.46. The molecule has 0 aromatic rings. The van der Waals surface area contributed by atoms with Crippen LogP contribution < -0.4 is 0 Å². The van der Waals surface area contributed by atoms with Crippen LogP contribution in [0.3, 0.4) is 0 Å². The van der Waals surface area contributed by atoms with Gasteiger partial charge in [0.05, 0.1) is 0 Å². The molecule has 0 aromatic carbocycles. The number of hydrogen-bond acceptors (Lipinski definition) is 0. The van der Waals surface area contributed by atoms with E-state index in [-0.39, 0.29) is 0 Å². The van der Waals surface area contributed by atoms with E-state index in [4.69, 9.17) is 0 Å². The molecule has 2 aliphatic rings. The summed E-state index contributed by atoms with van der Waals surface area (Å²) in [7, 11) is 0. The smallest absolute Gasteiger partial charge is 0.00147 e. The zero-order valence-electron chi connectivity index (χ0n) is 6.72. The molecular formula is C10H14. The van der Waals surface area contributed by atoms with Crippen LogP contribution in [0.4, 0.5) is 0 Å². The Balaban J connectivity index is 2.30. The molecular weight excluding hydrogens is 120 g/mol. The van der Waals surface area contributed by atoms with Crippen LogP contribution in [0.5, 0.6) is 0 Å². The molecule has 54 valence electrons. The minimum atomic E-state index is 0.829. The maximum Gasteiger partial charge on any atom is -0.00147 e. The lowest BCUT2D eigenvalue weighted by atomic mass is 9.96. The quantitative estimate of drug-likeness (QED) is 0.447. The van der Waals surface area contributed by atoms with E-state index in [0.29, 0.717) is 0 Å². The van der Waals surface area contributed by atoms with E-state index >= 15 is 0 Å². The number of allylic oxidation sites excluding steroid dienone is 4. The minimum Gasteiger partial charge on any atom is -0.0878 e. The molecule has 2 aliphatic carbocycles. The second kappa shape index (κ2) is 1.98. The Morgan fingerprint density at radius 3 is 2.80 bits per heavy atom. The second-order valence-corrected chi connectivity index (χ2v) is 3.52. The third kappa shape index (κ3) is 0.681. The van der Waals surface area contributed by atoms with Gasteiger partial charge in [0.15, 0.2) is 0 Å². The monoisotopic (exact) mass is 134 g/mol. The van der Waals surface area contributed by atoms with Gasteiger partial charge in [-0.05, 0) is 38.5 Å². The van der Waals surface area contributed by atoms with E-state index < -0.39 is 0 Å². The van der Waals surface area contributed by atoms with Crippen LogP contribution in [-0.2, 0) is 0 Å². The highest BCUT2D eigenvalue weighted by atomic mass is 14.4. The van der Waals surface area contributed by atoms with Crippen LogP contribution in [0, 0.1) is 11.8 Å². The van der Waals surface area contributed by atoms with Crippen LogP contribution in [-0.4, -0.2) is 0 Å². The summed E-state index contributed by atoms with van der Waals surface area (Å²) in [6.07, 6.45) is 7.51. The lowest BCUT2D eigenvalue weighted by Crippen LogP contribution is -1.95. The van der Waals surface area contributed by atoms with Crippen LogP contribution >= 0.6 is 0 Å². The predicted octanol–water partition coefficient (Wildman–Crippen LogP) is 2.92. The first-order valence-corrected chi connectivity index (χ1v) is 4.14. The van der Waals surface area contributed by atoms with Crippen molar-refractivity contribution >= 4 is 0 Å². The van der Waals surface area contributed by atoms with Gasteiger partial charge in [-0.2, -0.15) is 0 Å². The van der Waals surface area contributed by atoms with E-state index in [1.807, 2.05) is 0 Å². The van der Waals surface area contributed by atoms with E-state index in [2.05, 4.69) is 26.0 Å². The van der Waals surface area contributed by atoms with Gasteiger partial charge in [-0.15, -0.1) is 0 Å². The van der Waals surface area contributed by atoms with Crippen molar-refractivity contribution in [3.63, 3.8) is 0 Å². The van der Waals surface area contributed by atoms with E-state index in [1.54, 1.807) is 11.1 Å². The van der Waals surface area contributed by atoms with Gasteiger partial charge in [-0.3, -0.25) is 0 Å². The minimum absolute atomic E-state index is 0.829. The Morgan fingerprint density at radius 1 is 1.60 bits per heavy atom. The van der Waals surface area contributed by atoms with E-state index in [9.17, 15) is 0 Å². The topological polar surface area (TPSA) is 0 Å². The first-order valence-electron chi connectivity index (χ1n) is 4.14. The molecule has 10 heavy (non-hydrogen) atoms. The highest BCUT2D eigenvalue weighted by molar-refractivity contribution is 5.31. The van der Waals surface area contributed by atoms with Crippen molar-refractivity contribution in [3.05, 3.63) is 23.3 Å². The molecule has 0 amide bonds. The van der Waals surface area contributed by atoms with Gasteiger partial charge in [0.2, 0.25) is 0 Å². The predicted molar refractivity (Wildman–Crippen MR) is 43.7 cm³/mol. The molecule has 0 saturated heterocycles. The van der Waals surface area contributed by atoms with Gasteiger partial charge in [0.25, 0.3) is 0 Å². The largest absolute Gasteiger partial charge is 0.0878 e. The summed E-state index contributed by atoms with van der Waals surface area (Å²) in [4.78, 5) is 0. The summed E-state index contributed by atoms with van der Waals surface area (Å²) in [5, 5.41) is 0. The number of fused-ring (bicyclic) bond motifs is 2. The summed E-state index contributed by atoms with van der Waals surface area (Å²) in [5.74, 6) is 1.74. The molecule has 2 unspecified atom stereocenters. The molecule has 0 heteroatoms. The Labute approximate surface area is 62.6 Å². The fraction of sp³-hybridized carbons (Fsp3) is 0.600. The fourth-order valence-corrected chi connectivity index (χ4v) is 2.28. The Kier molecular flexibility index (Phi) is 1.23. The summed E-state index contributed by atoms with van der Waals surface area (Å²) in [6.45, 7) is 4.44. The molecule has 2 atom stereocenters. The van der Waals surface area contributed by atoms with E-state index in [0.717, 1.165) is 11.8 Å². The summed E-state index contributed by atoms with van der Waals surface area (Å²) in [6, 6.07) is 0. The third-order valence-electron chi connectivity index (χ3n) is 2.98. The average Bonchev–Trinajstić information content (AvgIpc) is 2.44. The maximum absolute atomic E-state index is 2.45. The van der Waals surface area contributed by atoms with Gasteiger partial charge >= 0.3 is 0 Å². The van der Waals surface area contributed by atoms with Gasteiger partial charge < -0.3 is 0 Å². The van der Waals surface area contributed by atoms with Crippen molar-refractivity contribution < 1.29 is 0 Å². The number of hydrogen-bond donors (Lipinski definition) is 0. The van der Waals surface area contributed by atoms with Crippen LogP contribution in [0.1, 0.15) is 26.7 Å². The Morgan fingerprint density at radius 2 is 2.40 bits per heavy atom. The first kappa shape index (κ1) is 6.21. The SMILES string of the molecule is C/C=C1\CC2CC1C=C2C. The molecule has 0 spiro atoms. The van der Waals surface area contributed by atoms with Crippen molar-refractivity contribution in [1.29, 1.82) is 0 Å². The summed E-state index contributed by atoms with van der Waals surface area (Å²) in [5.41, 5.74) is 3.31. The molecule has 0 heterocycles. The summed E-state index contributed by atoms with van der Waals surface area (Å²) >= 11 is 0. The van der Waals surface area contributed by atoms with Crippen molar-refractivity contribution in [1.82, 2.24) is 0 Å². The third-order valence-corrected chi connectivity index (χ3v) is 2.98. The molecule has 0 N–H and O–H groups in total. The molecule has 1 saturated carbocycles. The van der Waals surface area contributed by atoms with Crippen LogP contribution in [0.2, 0.25) is 0 Å². The molecule has 0 nitrogen and oxygen atoms in total. The van der Waals surface area contributed by atoms with Crippen molar-refractivity contribution in [3.8, 4) is 0 Å². The lowest BCUT2D eigenvalue weighted by molar-refractivity contribution is 0.663. The average molecular weight is 134 g/mol. The first-order chi connectivity index (χ1) is 4.81. The van der Waals surface area contributed by atoms with Gasteiger partial charge in [0, 0.05) is 0 Å². The van der Waals surface area contributed by atoms with Crippen molar-refractivity contribution in [2.24, 2.45) is 11.8 Å². The van der Waals surface area contributed by atoms with Gasteiger partial charge in [-0.25, -0.2) is 0 Å². The standard InChI is InChI=1S/C10H14/c1-3-8-5-9-6-10(8)4-7(9)2/h3-4,9-10H,5-6H2,1-2H3/b8-3+. The highest BCUT2D eigenvalue weighted by Gasteiger charge is 2.33. The lowest BCUT2D eigenvalue weighted by Gasteiger charge is -2.10. The molecule has 0 aromatic heterocycles. The second-order valence-electron chi connectivity index (χ2n) is 3.52. The number of rotatable bonds is 0. The van der Waals surface area contributed by atoms with Gasteiger partial charge in [-0.1, -0.05) is 23.3 Å². The zero-order valence-corrected chi connectivity index (χ0v) is 6.72. The fourth-order valence-electron chi connectivity index (χ4n) is 2.28. The van der Waals surface area contributed by atoms with Gasteiger partial charge in [0.1, 0.15) is 0 Å². The summed E-state index contributed by atoms with van der Waals surface area (Å²) < 4.78 is 0. The molecule has 1 fully saturated rings. The molecule has 2 bridgehead atoms. The van der Waals surface area contributed by atoms with Crippen molar-refractivity contribution in [2.75, 3.05) is 0 Å². The van der Waals surface area contributed by atoms with E-state index in [1.165, 1.54) is 12.8 Å². The Hall–Kier alpha value is -0.520. The van der Waals surface area contributed by atoms with Crippen molar-refractivity contribution in [2.45, 2.75) is 26.7 Å². The molecule has 0 radical (unpaired) electrons. The normalized spacial score (nSPS) is 41.0. The van der Waals surface area contributed by atoms with Crippen LogP contribution in [0.15, 0.2) is 23.3 Å². The Bertz CT molecular complexity index is 208. The molecule has 0 aliphatic heterocycles. The van der Waals surface area contributed by atoms with Crippen LogP contribution in [0.25, 0.3) is 0 Å². The molecule has 2 rings (SSSR count). The zero-order chi connectivity index (χ0) is 7.14. The maximum atomic E-state index is 2.45.